The maximum absolute atomic E-state index is 4.24. The number of hydrogen-bond acceptors (Lipinski definition) is 8. The van der Waals surface area contributed by atoms with Gasteiger partial charge in [0.1, 0.15) is 10.1 Å². The van der Waals surface area contributed by atoms with Gasteiger partial charge in [0.15, 0.2) is 0 Å². The van der Waals surface area contributed by atoms with Gasteiger partial charge in [-0.25, -0.2) is 9.97 Å². The van der Waals surface area contributed by atoms with Gasteiger partial charge < -0.3 is 0 Å². The van der Waals surface area contributed by atoms with Crippen molar-refractivity contribution in [3.05, 3.63) is 48.8 Å². The molecule has 0 aromatic carbocycles. The quantitative estimate of drug-likeness (QED) is 0.453. The first kappa shape index (κ1) is 14.8. The highest BCUT2D eigenvalue weighted by molar-refractivity contribution is 9.41. The van der Waals surface area contributed by atoms with Crippen LogP contribution in [-0.2, 0) is 0 Å². The summed E-state index contributed by atoms with van der Waals surface area (Å²) >= 11 is 0. The lowest BCUT2D eigenvalue weighted by molar-refractivity contribution is 1.14. The third kappa shape index (κ3) is 6.03. The maximum atomic E-state index is 4.24. The van der Waals surface area contributed by atoms with Crippen LogP contribution < -0.4 is 0 Å². The van der Waals surface area contributed by atoms with Crippen molar-refractivity contribution < 1.29 is 0 Å². The van der Waals surface area contributed by atoms with E-state index in [-0.39, 0.29) is 0 Å². The number of nitrogens with zero attached hydrogens (tertiary/aromatic N) is 2. The summed E-state index contributed by atoms with van der Waals surface area (Å²) in [4.78, 5) is 8.48. The lowest BCUT2D eigenvalue weighted by Gasteiger charge is -1.98. The average molecular weight is 349 g/mol. The molecule has 0 unspecified atom stereocenters. The van der Waals surface area contributed by atoms with Crippen molar-refractivity contribution in [1.29, 1.82) is 0 Å². The minimum atomic E-state index is 1.04. The van der Waals surface area contributed by atoms with E-state index in [1.807, 2.05) is 48.8 Å². The number of hydrogen-bond donors (Lipinski definition) is 0. The molecule has 0 aliphatic heterocycles. The molecular weight excluding hydrogens is 341 g/mol. The Kier molecular flexibility index (Phi) is 7.67. The van der Waals surface area contributed by atoms with E-state index >= 15 is 0 Å². The largest absolute Gasteiger partial charge is 0.249 e. The standard InChI is InChI=1S/C10H8N2S6/c1-3-7-11-9(5-1)13-15-17-18-16-14-10-6-2-4-8-12-10/h1-8H. The Morgan fingerprint density at radius 3 is 1.50 bits per heavy atom. The normalized spacial score (nSPS) is 10.4. The van der Waals surface area contributed by atoms with Crippen molar-refractivity contribution in [2.45, 2.75) is 10.1 Å². The molecule has 0 aliphatic carbocycles. The van der Waals surface area contributed by atoms with Gasteiger partial charge in [-0.05, 0) is 85.2 Å². The van der Waals surface area contributed by atoms with Crippen LogP contribution in [0.2, 0.25) is 0 Å². The Balaban J connectivity index is 1.54. The molecule has 8 heteroatoms. The second kappa shape index (κ2) is 9.33. The molecule has 0 spiro atoms. The molecule has 2 aromatic rings. The van der Waals surface area contributed by atoms with E-state index < -0.39 is 0 Å². The lowest BCUT2D eigenvalue weighted by Crippen LogP contribution is -1.71. The van der Waals surface area contributed by atoms with Gasteiger partial charge in [-0.15, -0.1) is 0 Å². The topological polar surface area (TPSA) is 25.8 Å². The molecule has 2 heterocycles. The smallest absolute Gasteiger partial charge is 0.107 e. The summed E-state index contributed by atoms with van der Waals surface area (Å²) < 4.78 is 0. The maximum Gasteiger partial charge on any atom is 0.107 e. The lowest BCUT2D eigenvalue weighted by atomic mass is 10.5. The van der Waals surface area contributed by atoms with Crippen molar-refractivity contribution >= 4 is 60.9 Å². The zero-order valence-electron chi connectivity index (χ0n) is 8.96. The molecule has 18 heavy (non-hydrogen) atoms. The molecule has 0 amide bonds. The fourth-order valence-electron chi connectivity index (χ4n) is 0.913. The van der Waals surface area contributed by atoms with Gasteiger partial charge in [-0.3, -0.25) is 0 Å². The van der Waals surface area contributed by atoms with Crippen LogP contribution in [0.1, 0.15) is 0 Å². The Labute approximate surface area is 129 Å². The highest BCUT2D eigenvalue weighted by atomic mass is 33.9. The van der Waals surface area contributed by atoms with E-state index in [9.17, 15) is 0 Å². The molecule has 94 valence electrons. The number of rotatable bonds is 7. The van der Waals surface area contributed by atoms with Gasteiger partial charge in [-0.1, -0.05) is 12.1 Å². The molecule has 2 nitrogen and oxygen atoms in total. The Hall–Kier alpha value is 0.400. The van der Waals surface area contributed by atoms with Gasteiger partial charge in [0.2, 0.25) is 0 Å². The zero-order valence-corrected chi connectivity index (χ0v) is 13.9. The molecule has 0 aliphatic rings. The van der Waals surface area contributed by atoms with Crippen molar-refractivity contribution in [3.63, 3.8) is 0 Å². The summed E-state index contributed by atoms with van der Waals surface area (Å²) in [6.45, 7) is 0. The van der Waals surface area contributed by atoms with Gasteiger partial charge in [0.05, 0.1) is 0 Å². The third-order valence-electron chi connectivity index (χ3n) is 1.60. The Morgan fingerprint density at radius 2 is 1.11 bits per heavy atom. The first-order chi connectivity index (χ1) is 8.95. The summed E-state index contributed by atoms with van der Waals surface area (Å²) in [5.41, 5.74) is 0. The molecule has 0 fully saturated rings. The summed E-state index contributed by atoms with van der Waals surface area (Å²) in [6.07, 6.45) is 3.62. The van der Waals surface area contributed by atoms with Gasteiger partial charge in [-0.2, -0.15) is 0 Å². The second-order valence-electron chi connectivity index (χ2n) is 2.77. The third-order valence-corrected chi connectivity index (χ3v) is 11.9. The fraction of sp³-hybridized carbons (Fsp3) is 0. The van der Waals surface area contributed by atoms with E-state index in [0.717, 1.165) is 10.1 Å². The average Bonchev–Trinajstić information content (AvgIpc) is 2.45. The second-order valence-corrected chi connectivity index (χ2v) is 12.0. The van der Waals surface area contributed by atoms with Crippen molar-refractivity contribution in [3.8, 4) is 0 Å². The summed E-state index contributed by atoms with van der Waals surface area (Å²) in [6, 6.07) is 11.9. The summed E-state index contributed by atoms with van der Waals surface area (Å²) in [7, 11) is 10.3. The molecule has 0 saturated heterocycles. The number of aromatic nitrogens is 2. The molecule has 0 N–H and O–H groups in total. The minimum Gasteiger partial charge on any atom is -0.249 e. The van der Waals surface area contributed by atoms with Crippen LogP contribution in [0, 0.1) is 0 Å². The van der Waals surface area contributed by atoms with Crippen LogP contribution in [0.5, 0.6) is 0 Å². The highest BCUT2D eigenvalue weighted by Gasteiger charge is 1.99. The van der Waals surface area contributed by atoms with Crippen molar-refractivity contribution in [2.24, 2.45) is 0 Å². The zero-order chi connectivity index (χ0) is 12.5. The summed E-state index contributed by atoms with van der Waals surface area (Å²) in [5, 5.41) is 2.08. The monoisotopic (exact) mass is 348 g/mol. The van der Waals surface area contributed by atoms with Crippen molar-refractivity contribution in [2.75, 3.05) is 0 Å². The minimum absolute atomic E-state index is 1.04. The first-order valence-electron chi connectivity index (χ1n) is 4.78. The molecular formula is C10H8N2S6. The van der Waals surface area contributed by atoms with Crippen LogP contribution >= 0.6 is 60.9 Å². The van der Waals surface area contributed by atoms with Crippen LogP contribution in [0.3, 0.4) is 0 Å². The van der Waals surface area contributed by atoms with Crippen LogP contribution in [0.15, 0.2) is 58.8 Å². The van der Waals surface area contributed by atoms with Crippen LogP contribution in [0.25, 0.3) is 0 Å². The fourth-order valence-corrected chi connectivity index (χ4v) is 11.5. The molecule has 0 bridgehead atoms. The van der Waals surface area contributed by atoms with E-state index in [1.54, 1.807) is 60.9 Å². The molecule has 2 aromatic heterocycles. The highest BCUT2D eigenvalue weighted by Crippen LogP contribution is 2.54. The van der Waals surface area contributed by atoms with E-state index in [0.29, 0.717) is 0 Å². The van der Waals surface area contributed by atoms with Crippen LogP contribution in [0.4, 0.5) is 0 Å². The van der Waals surface area contributed by atoms with E-state index in [4.69, 9.17) is 0 Å². The molecule has 0 saturated carbocycles. The Morgan fingerprint density at radius 1 is 0.611 bits per heavy atom. The molecule has 0 atom stereocenters. The van der Waals surface area contributed by atoms with Crippen LogP contribution in [-0.4, -0.2) is 9.97 Å². The van der Waals surface area contributed by atoms with Gasteiger partial charge in [0.25, 0.3) is 0 Å². The number of pyridine rings is 2. The van der Waals surface area contributed by atoms with E-state index in [1.165, 1.54) is 0 Å². The van der Waals surface area contributed by atoms with E-state index in [2.05, 4.69) is 9.97 Å². The first-order valence-corrected chi connectivity index (χ1v) is 12.3. The van der Waals surface area contributed by atoms with Crippen molar-refractivity contribution in [1.82, 2.24) is 9.97 Å². The van der Waals surface area contributed by atoms with Gasteiger partial charge >= 0.3 is 0 Å². The molecule has 0 radical (unpaired) electrons. The summed E-state index contributed by atoms with van der Waals surface area (Å²) in [5.74, 6) is 0. The Bertz CT molecular complexity index is 397. The predicted molar refractivity (Wildman–Crippen MR) is 90.6 cm³/mol. The van der Waals surface area contributed by atoms with Gasteiger partial charge in [0, 0.05) is 12.4 Å². The predicted octanol–water partition coefficient (Wildman–Crippen LogP) is 5.87. The SMILES string of the molecule is c1ccc(SSSSSSc2ccccn2)nc1. The molecule has 2 rings (SSSR count).